The standard InChI is InChI=1S/C11H11F4NO/c1-3-16(2)10(17)7-5-4-6-8(9(7)12)11(13,14)15/h4-6H,3H2,1-2H3. The number of carbonyl (C=O) groups is 1. The van der Waals surface area contributed by atoms with E-state index in [1.54, 1.807) is 6.92 Å². The number of amides is 1. The van der Waals surface area contributed by atoms with E-state index in [2.05, 4.69) is 0 Å². The van der Waals surface area contributed by atoms with Crippen LogP contribution >= 0.6 is 0 Å². The Balaban J connectivity index is 3.24. The smallest absolute Gasteiger partial charge is 0.342 e. The van der Waals surface area contributed by atoms with Crippen molar-refractivity contribution >= 4 is 5.91 Å². The highest BCUT2D eigenvalue weighted by Gasteiger charge is 2.35. The van der Waals surface area contributed by atoms with Gasteiger partial charge in [-0.25, -0.2) is 4.39 Å². The van der Waals surface area contributed by atoms with E-state index in [0.29, 0.717) is 6.07 Å². The third-order valence-electron chi connectivity index (χ3n) is 2.36. The molecule has 1 aromatic rings. The highest BCUT2D eigenvalue weighted by Crippen LogP contribution is 2.32. The molecule has 17 heavy (non-hydrogen) atoms. The topological polar surface area (TPSA) is 20.3 Å². The lowest BCUT2D eigenvalue weighted by molar-refractivity contribution is -0.140. The molecule has 0 atom stereocenters. The molecule has 0 N–H and O–H groups in total. The molecule has 0 saturated heterocycles. The largest absolute Gasteiger partial charge is 0.419 e. The number of carbonyl (C=O) groups excluding carboxylic acids is 1. The van der Waals surface area contributed by atoms with Gasteiger partial charge in [-0.2, -0.15) is 13.2 Å². The lowest BCUT2D eigenvalue weighted by atomic mass is 10.1. The number of alkyl halides is 3. The van der Waals surface area contributed by atoms with Gasteiger partial charge in [0.1, 0.15) is 5.82 Å². The van der Waals surface area contributed by atoms with Gasteiger partial charge in [-0.3, -0.25) is 4.79 Å². The van der Waals surface area contributed by atoms with E-state index in [4.69, 9.17) is 0 Å². The maximum atomic E-state index is 13.5. The maximum Gasteiger partial charge on any atom is 0.419 e. The summed E-state index contributed by atoms with van der Waals surface area (Å²) in [5.41, 5.74) is -1.99. The summed E-state index contributed by atoms with van der Waals surface area (Å²) in [7, 11) is 1.39. The molecular formula is C11H11F4NO. The van der Waals surface area contributed by atoms with Crippen molar-refractivity contribution in [3.05, 3.63) is 35.1 Å². The van der Waals surface area contributed by atoms with Gasteiger partial charge >= 0.3 is 6.18 Å². The summed E-state index contributed by atoms with van der Waals surface area (Å²) in [6, 6.07) is 2.67. The third kappa shape index (κ3) is 2.75. The second-order valence-electron chi connectivity index (χ2n) is 3.48. The van der Waals surface area contributed by atoms with Gasteiger partial charge in [0.25, 0.3) is 5.91 Å². The summed E-state index contributed by atoms with van der Waals surface area (Å²) in [4.78, 5) is 12.7. The molecule has 0 saturated carbocycles. The first-order valence-corrected chi connectivity index (χ1v) is 4.90. The van der Waals surface area contributed by atoms with E-state index in [9.17, 15) is 22.4 Å². The van der Waals surface area contributed by atoms with Crippen molar-refractivity contribution in [1.82, 2.24) is 4.90 Å². The van der Waals surface area contributed by atoms with Crippen molar-refractivity contribution < 1.29 is 22.4 Å². The van der Waals surface area contributed by atoms with Crippen LogP contribution in [-0.4, -0.2) is 24.4 Å². The van der Waals surface area contributed by atoms with Crippen molar-refractivity contribution in [2.75, 3.05) is 13.6 Å². The second-order valence-corrected chi connectivity index (χ2v) is 3.48. The molecule has 0 aliphatic carbocycles. The fourth-order valence-electron chi connectivity index (χ4n) is 1.27. The highest BCUT2D eigenvalue weighted by atomic mass is 19.4. The first-order chi connectivity index (χ1) is 7.79. The summed E-state index contributed by atoms with van der Waals surface area (Å²) in [6.07, 6.45) is -4.80. The van der Waals surface area contributed by atoms with Crippen LogP contribution < -0.4 is 0 Å². The summed E-state index contributed by atoms with van der Waals surface area (Å²) < 4.78 is 50.8. The van der Waals surface area contributed by atoms with Gasteiger partial charge in [0.15, 0.2) is 0 Å². The van der Waals surface area contributed by atoms with Crippen LogP contribution in [-0.2, 0) is 6.18 Å². The molecule has 0 aromatic heterocycles. The van der Waals surface area contributed by atoms with Gasteiger partial charge in [0.05, 0.1) is 11.1 Å². The number of rotatable bonds is 2. The third-order valence-corrected chi connectivity index (χ3v) is 2.36. The average Bonchev–Trinajstić information content (AvgIpc) is 2.25. The first-order valence-electron chi connectivity index (χ1n) is 4.90. The van der Waals surface area contributed by atoms with Crippen molar-refractivity contribution in [2.24, 2.45) is 0 Å². The number of hydrogen-bond acceptors (Lipinski definition) is 1. The Morgan fingerprint density at radius 2 is 1.94 bits per heavy atom. The predicted octanol–water partition coefficient (Wildman–Crippen LogP) is 2.94. The van der Waals surface area contributed by atoms with Crippen LogP contribution in [0.4, 0.5) is 17.6 Å². The quantitative estimate of drug-likeness (QED) is 0.738. The van der Waals surface area contributed by atoms with Crippen LogP contribution in [0.5, 0.6) is 0 Å². The van der Waals surface area contributed by atoms with Crippen molar-refractivity contribution in [1.29, 1.82) is 0 Å². The number of halogens is 4. The summed E-state index contributed by atoms with van der Waals surface area (Å²) >= 11 is 0. The molecular weight excluding hydrogens is 238 g/mol. The van der Waals surface area contributed by atoms with Gasteiger partial charge < -0.3 is 4.90 Å². The molecule has 0 heterocycles. The monoisotopic (exact) mass is 249 g/mol. The van der Waals surface area contributed by atoms with Crippen molar-refractivity contribution in [2.45, 2.75) is 13.1 Å². The molecule has 1 aromatic carbocycles. The highest BCUT2D eigenvalue weighted by molar-refractivity contribution is 5.94. The molecule has 0 fully saturated rings. The molecule has 0 spiro atoms. The Morgan fingerprint density at radius 1 is 1.35 bits per heavy atom. The summed E-state index contributed by atoms with van der Waals surface area (Å²) in [5, 5.41) is 0. The fraction of sp³-hybridized carbons (Fsp3) is 0.364. The lowest BCUT2D eigenvalue weighted by Crippen LogP contribution is -2.27. The molecule has 94 valence electrons. The molecule has 1 amide bonds. The van der Waals surface area contributed by atoms with Gasteiger partial charge in [0.2, 0.25) is 0 Å². The van der Waals surface area contributed by atoms with Gasteiger partial charge in [0, 0.05) is 13.6 Å². The number of nitrogens with zero attached hydrogens (tertiary/aromatic N) is 1. The van der Waals surface area contributed by atoms with Crippen LogP contribution in [0.15, 0.2) is 18.2 Å². The van der Waals surface area contributed by atoms with E-state index in [-0.39, 0.29) is 6.54 Å². The normalized spacial score (nSPS) is 11.4. The number of benzene rings is 1. The lowest BCUT2D eigenvalue weighted by Gasteiger charge is -2.16. The molecule has 0 aliphatic heterocycles. The Morgan fingerprint density at radius 3 is 2.41 bits per heavy atom. The Bertz CT molecular complexity index is 428. The Labute approximate surface area is 95.8 Å². The Hall–Kier alpha value is -1.59. The van der Waals surface area contributed by atoms with E-state index in [1.807, 2.05) is 0 Å². The summed E-state index contributed by atoms with van der Waals surface area (Å²) in [5.74, 6) is -2.29. The number of hydrogen-bond donors (Lipinski definition) is 0. The molecule has 2 nitrogen and oxygen atoms in total. The second kappa shape index (κ2) is 4.73. The maximum absolute atomic E-state index is 13.5. The predicted molar refractivity (Wildman–Crippen MR) is 54.0 cm³/mol. The van der Waals surface area contributed by atoms with Crippen molar-refractivity contribution in [3.8, 4) is 0 Å². The van der Waals surface area contributed by atoms with E-state index in [1.165, 1.54) is 7.05 Å². The minimum atomic E-state index is -4.80. The van der Waals surface area contributed by atoms with E-state index >= 15 is 0 Å². The minimum absolute atomic E-state index is 0.286. The Kier molecular flexibility index (Phi) is 3.75. The molecule has 0 radical (unpaired) electrons. The molecule has 0 aliphatic rings. The van der Waals surface area contributed by atoms with Gasteiger partial charge in [-0.05, 0) is 19.1 Å². The summed E-state index contributed by atoms with van der Waals surface area (Å²) in [6.45, 7) is 1.93. The molecule has 0 unspecified atom stereocenters. The first kappa shape index (κ1) is 13.5. The van der Waals surface area contributed by atoms with Crippen LogP contribution in [0.2, 0.25) is 0 Å². The van der Waals surface area contributed by atoms with Crippen LogP contribution in [0, 0.1) is 5.82 Å². The van der Waals surface area contributed by atoms with Crippen LogP contribution in [0.3, 0.4) is 0 Å². The SMILES string of the molecule is CCN(C)C(=O)c1cccc(C(F)(F)F)c1F. The van der Waals surface area contributed by atoms with Gasteiger partial charge in [-0.1, -0.05) is 6.07 Å². The fourth-order valence-corrected chi connectivity index (χ4v) is 1.27. The zero-order valence-corrected chi connectivity index (χ0v) is 9.31. The van der Waals surface area contributed by atoms with E-state index < -0.39 is 29.0 Å². The van der Waals surface area contributed by atoms with Crippen LogP contribution in [0.25, 0.3) is 0 Å². The molecule has 1 rings (SSSR count). The minimum Gasteiger partial charge on any atom is -0.342 e. The van der Waals surface area contributed by atoms with E-state index in [0.717, 1.165) is 17.0 Å². The average molecular weight is 249 g/mol. The van der Waals surface area contributed by atoms with Crippen molar-refractivity contribution in [3.63, 3.8) is 0 Å². The van der Waals surface area contributed by atoms with Crippen LogP contribution in [0.1, 0.15) is 22.8 Å². The van der Waals surface area contributed by atoms with Gasteiger partial charge in [-0.15, -0.1) is 0 Å². The molecule has 0 bridgehead atoms. The zero-order valence-electron chi connectivity index (χ0n) is 9.31. The zero-order chi connectivity index (χ0) is 13.2. The molecule has 6 heteroatoms.